The van der Waals surface area contributed by atoms with Gasteiger partial charge in [0.05, 0.1) is 11.8 Å². The number of aliphatic hydroxyl groups is 1. The van der Waals surface area contributed by atoms with Gasteiger partial charge in [-0.3, -0.25) is 4.90 Å². The van der Waals surface area contributed by atoms with Crippen LogP contribution in [0.2, 0.25) is 0 Å². The van der Waals surface area contributed by atoms with Gasteiger partial charge in [0, 0.05) is 12.1 Å². The molecule has 1 heterocycles. The van der Waals surface area contributed by atoms with Crippen molar-refractivity contribution in [3.8, 4) is 0 Å². The highest BCUT2D eigenvalue weighted by Gasteiger charge is 2.27. The van der Waals surface area contributed by atoms with Crippen LogP contribution in [-0.4, -0.2) is 22.9 Å². The van der Waals surface area contributed by atoms with Crippen molar-refractivity contribution in [3.05, 3.63) is 29.3 Å². The lowest BCUT2D eigenvalue weighted by Gasteiger charge is -2.31. The second-order valence-corrected chi connectivity index (χ2v) is 6.37. The zero-order chi connectivity index (χ0) is 14.2. The van der Waals surface area contributed by atoms with E-state index in [4.69, 9.17) is 0 Å². The Kier molecular flexibility index (Phi) is 3.54. The Labute approximate surface area is 113 Å². The third-order valence-electron chi connectivity index (χ3n) is 3.33. The molecule has 19 heavy (non-hydrogen) atoms. The van der Waals surface area contributed by atoms with Crippen molar-refractivity contribution in [2.45, 2.75) is 39.7 Å². The third kappa shape index (κ3) is 3.07. The van der Waals surface area contributed by atoms with Crippen LogP contribution in [0.3, 0.4) is 0 Å². The van der Waals surface area contributed by atoms with Gasteiger partial charge in [-0.1, -0.05) is 32.9 Å². The van der Waals surface area contributed by atoms with E-state index in [1.165, 1.54) is 4.90 Å². The second kappa shape index (κ2) is 4.85. The Bertz CT molecular complexity index is 491. The molecule has 1 aromatic rings. The maximum atomic E-state index is 11.2. The molecule has 1 amide bonds. The fourth-order valence-corrected chi connectivity index (χ4v) is 2.57. The van der Waals surface area contributed by atoms with Gasteiger partial charge in [0.1, 0.15) is 0 Å². The molecule has 0 fully saturated rings. The van der Waals surface area contributed by atoms with Crippen LogP contribution >= 0.6 is 0 Å². The molecule has 2 rings (SSSR count). The molecular formula is C15H21NO3. The molecule has 104 valence electrons. The highest BCUT2D eigenvalue weighted by atomic mass is 16.4. The van der Waals surface area contributed by atoms with Crippen molar-refractivity contribution in [2.75, 3.05) is 11.4 Å². The molecule has 1 atom stereocenters. The fraction of sp³-hybridized carbons (Fsp3) is 0.533. The number of benzene rings is 1. The number of aliphatic hydroxyl groups excluding tert-OH is 1. The van der Waals surface area contributed by atoms with Gasteiger partial charge in [-0.2, -0.15) is 0 Å². The van der Waals surface area contributed by atoms with Crippen molar-refractivity contribution in [1.82, 2.24) is 0 Å². The van der Waals surface area contributed by atoms with Gasteiger partial charge in [0.15, 0.2) is 0 Å². The fourth-order valence-electron chi connectivity index (χ4n) is 2.57. The zero-order valence-corrected chi connectivity index (χ0v) is 11.7. The molecular weight excluding hydrogens is 242 g/mol. The predicted molar refractivity (Wildman–Crippen MR) is 74.5 cm³/mol. The molecule has 2 N–H and O–H groups in total. The molecule has 0 saturated carbocycles. The lowest BCUT2D eigenvalue weighted by molar-refractivity contribution is 0.160. The smallest absolute Gasteiger partial charge is 0.411 e. The summed E-state index contributed by atoms with van der Waals surface area (Å²) in [7, 11) is 0. The van der Waals surface area contributed by atoms with Gasteiger partial charge in [-0.05, 0) is 29.9 Å². The van der Waals surface area contributed by atoms with E-state index >= 15 is 0 Å². The minimum absolute atomic E-state index is 0.167. The summed E-state index contributed by atoms with van der Waals surface area (Å²) in [5.74, 6) is 0. The molecule has 0 saturated heterocycles. The summed E-state index contributed by atoms with van der Waals surface area (Å²) in [6, 6.07) is 5.71. The SMILES string of the molecule is CC(C)(C)Cc1ccc2c(c1)C(O)CCN2C(=O)O. The number of fused-ring (bicyclic) bond motifs is 1. The van der Waals surface area contributed by atoms with E-state index in [1.807, 2.05) is 18.2 Å². The summed E-state index contributed by atoms with van der Waals surface area (Å²) < 4.78 is 0. The van der Waals surface area contributed by atoms with Crippen LogP contribution in [-0.2, 0) is 6.42 Å². The molecule has 0 bridgehead atoms. The highest BCUT2D eigenvalue weighted by molar-refractivity contribution is 5.88. The molecule has 4 nitrogen and oxygen atoms in total. The van der Waals surface area contributed by atoms with Crippen LogP contribution in [0.1, 0.15) is 44.4 Å². The number of nitrogens with zero attached hydrogens (tertiary/aromatic N) is 1. The predicted octanol–water partition coefficient (Wildman–Crippen LogP) is 3.20. The molecule has 1 unspecified atom stereocenters. The lowest BCUT2D eigenvalue weighted by atomic mass is 9.86. The van der Waals surface area contributed by atoms with Crippen molar-refractivity contribution in [3.63, 3.8) is 0 Å². The Morgan fingerprint density at radius 3 is 2.68 bits per heavy atom. The first kappa shape index (κ1) is 13.9. The highest BCUT2D eigenvalue weighted by Crippen LogP contribution is 2.35. The standard InChI is InChI=1S/C15H21NO3/c1-15(2,3)9-10-4-5-12-11(8-10)13(17)6-7-16(12)14(18)19/h4-5,8,13,17H,6-7,9H2,1-3H3,(H,18,19). The van der Waals surface area contributed by atoms with Crippen LogP contribution in [0.25, 0.3) is 0 Å². The van der Waals surface area contributed by atoms with E-state index in [0.29, 0.717) is 18.7 Å². The quantitative estimate of drug-likeness (QED) is 0.818. The van der Waals surface area contributed by atoms with E-state index in [0.717, 1.165) is 17.5 Å². The molecule has 0 aromatic heterocycles. The monoisotopic (exact) mass is 263 g/mol. The van der Waals surface area contributed by atoms with Gasteiger partial charge < -0.3 is 10.2 Å². The number of carbonyl (C=O) groups is 1. The zero-order valence-electron chi connectivity index (χ0n) is 11.7. The number of hydrogen-bond donors (Lipinski definition) is 2. The Morgan fingerprint density at radius 1 is 1.42 bits per heavy atom. The number of anilines is 1. The van der Waals surface area contributed by atoms with Crippen LogP contribution in [0.5, 0.6) is 0 Å². The maximum Gasteiger partial charge on any atom is 0.411 e. The topological polar surface area (TPSA) is 60.8 Å². The second-order valence-electron chi connectivity index (χ2n) is 6.37. The van der Waals surface area contributed by atoms with E-state index in [9.17, 15) is 15.0 Å². The molecule has 1 aromatic carbocycles. The normalized spacial score (nSPS) is 19.2. The van der Waals surface area contributed by atoms with Crippen LogP contribution < -0.4 is 4.90 Å². The van der Waals surface area contributed by atoms with Crippen LogP contribution in [0.4, 0.5) is 10.5 Å². The summed E-state index contributed by atoms with van der Waals surface area (Å²) in [5.41, 5.74) is 2.65. The summed E-state index contributed by atoms with van der Waals surface area (Å²) in [6.45, 7) is 6.83. The first-order chi connectivity index (χ1) is 8.78. The molecule has 0 aliphatic carbocycles. The third-order valence-corrected chi connectivity index (χ3v) is 3.33. The van der Waals surface area contributed by atoms with E-state index in [2.05, 4.69) is 20.8 Å². The average molecular weight is 263 g/mol. The van der Waals surface area contributed by atoms with E-state index in [-0.39, 0.29) is 5.41 Å². The molecule has 0 radical (unpaired) electrons. The Hall–Kier alpha value is -1.55. The van der Waals surface area contributed by atoms with Crippen molar-refractivity contribution >= 4 is 11.8 Å². The summed E-state index contributed by atoms with van der Waals surface area (Å²) in [6.07, 6.45) is -0.166. The molecule has 1 aliphatic heterocycles. The Morgan fingerprint density at radius 2 is 2.11 bits per heavy atom. The number of amides is 1. The van der Waals surface area contributed by atoms with Crippen molar-refractivity contribution < 1.29 is 15.0 Å². The van der Waals surface area contributed by atoms with Crippen molar-refractivity contribution in [1.29, 1.82) is 0 Å². The van der Waals surface area contributed by atoms with Gasteiger partial charge in [-0.25, -0.2) is 4.79 Å². The van der Waals surface area contributed by atoms with Gasteiger partial charge in [-0.15, -0.1) is 0 Å². The number of rotatable bonds is 1. The summed E-state index contributed by atoms with van der Waals surface area (Å²) >= 11 is 0. The minimum Gasteiger partial charge on any atom is -0.465 e. The van der Waals surface area contributed by atoms with E-state index < -0.39 is 12.2 Å². The number of hydrogen-bond acceptors (Lipinski definition) is 2. The summed E-state index contributed by atoms with van der Waals surface area (Å²) in [4.78, 5) is 12.5. The average Bonchev–Trinajstić information content (AvgIpc) is 2.27. The van der Waals surface area contributed by atoms with Gasteiger partial charge in [0.25, 0.3) is 0 Å². The van der Waals surface area contributed by atoms with Crippen LogP contribution in [0, 0.1) is 5.41 Å². The van der Waals surface area contributed by atoms with Gasteiger partial charge >= 0.3 is 6.09 Å². The Balaban J connectivity index is 2.37. The molecule has 1 aliphatic rings. The molecule has 0 spiro atoms. The first-order valence-corrected chi connectivity index (χ1v) is 6.59. The largest absolute Gasteiger partial charge is 0.465 e. The van der Waals surface area contributed by atoms with Gasteiger partial charge in [0.2, 0.25) is 0 Å². The maximum absolute atomic E-state index is 11.2. The lowest BCUT2D eigenvalue weighted by Crippen LogP contribution is -2.35. The molecule has 4 heteroatoms. The van der Waals surface area contributed by atoms with Crippen LogP contribution in [0.15, 0.2) is 18.2 Å². The minimum atomic E-state index is -0.961. The van der Waals surface area contributed by atoms with Crippen molar-refractivity contribution in [2.24, 2.45) is 5.41 Å². The first-order valence-electron chi connectivity index (χ1n) is 6.59. The summed E-state index contributed by atoms with van der Waals surface area (Å²) in [5, 5.41) is 19.2. The van der Waals surface area contributed by atoms with E-state index in [1.54, 1.807) is 0 Å². The number of carboxylic acid groups (broad SMARTS) is 1.